The van der Waals surface area contributed by atoms with Gasteiger partial charge in [-0.25, -0.2) is 0 Å². The van der Waals surface area contributed by atoms with E-state index in [4.69, 9.17) is 0 Å². The Bertz CT molecular complexity index is 1630. The second kappa shape index (κ2) is 23.1. The third kappa shape index (κ3) is 12.3. The zero-order valence-corrected chi connectivity index (χ0v) is 39.0. The molecule has 6 rings (SSSR count). The first-order valence-electron chi connectivity index (χ1n) is 21.8. The Morgan fingerprint density at radius 2 is 0.448 bits per heavy atom. The van der Waals surface area contributed by atoms with Crippen molar-refractivity contribution in [2.75, 3.05) is 18.5 Å². The summed E-state index contributed by atoms with van der Waals surface area (Å²) < 4.78 is 0. The Morgan fingerprint density at radius 1 is 0.259 bits per heavy atom. The monoisotopic (exact) mass is 838 g/mol. The second-order valence-corrected chi connectivity index (χ2v) is 22.0. The van der Waals surface area contributed by atoms with Crippen molar-refractivity contribution in [1.82, 2.24) is 0 Å². The van der Waals surface area contributed by atoms with Crippen LogP contribution in [0.2, 0.25) is 0 Å². The van der Waals surface area contributed by atoms with E-state index in [1.807, 2.05) is 0 Å². The first kappa shape index (κ1) is 44.6. The molecule has 6 aromatic carbocycles. The van der Waals surface area contributed by atoms with E-state index >= 15 is 0 Å². The molecule has 0 aliphatic heterocycles. The standard InChI is InChI=1S/C54H66P4/c55-52(46-28-10-1-11-29-46,47-30-12-2-13-31-47)40-22-7-25-43-58(44-26-8-23-41-53(56,48-32-14-3-15-33-48)49-34-16-4-17-35-49)45-27-9-24-42-54(57,50-36-18-5-19-37-50)51-38-20-6-21-39-51/h1-6,10-21,28-39H,7-9,22-27,40-45,55-57H2. The van der Waals surface area contributed by atoms with Gasteiger partial charge in [0, 0.05) is 15.5 Å². The number of benzene rings is 6. The number of hydrogen-bond acceptors (Lipinski definition) is 0. The van der Waals surface area contributed by atoms with Gasteiger partial charge in [0.25, 0.3) is 0 Å². The first-order chi connectivity index (χ1) is 28.4. The molecule has 0 saturated heterocycles. The van der Waals surface area contributed by atoms with Crippen LogP contribution in [0.4, 0.5) is 0 Å². The molecule has 6 aromatic rings. The molecule has 0 aliphatic rings. The van der Waals surface area contributed by atoms with Crippen LogP contribution < -0.4 is 0 Å². The zero-order chi connectivity index (χ0) is 40.4. The highest BCUT2D eigenvalue weighted by Gasteiger charge is 2.30. The fraction of sp³-hybridized carbons (Fsp3) is 0.333. The lowest BCUT2D eigenvalue weighted by Crippen LogP contribution is -2.20. The van der Waals surface area contributed by atoms with Crippen LogP contribution in [0.15, 0.2) is 182 Å². The minimum atomic E-state index is -0.0359. The van der Waals surface area contributed by atoms with Crippen molar-refractivity contribution in [3.8, 4) is 0 Å². The van der Waals surface area contributed by atoms with Crippen LogP contribution in [-0.4, -0.2) is 18.5 Å². The fourth-order valence-electron chi connectivity index (χ4n) is 8.86. The largest absolute Gasteiger partial charge is 0.122 e. The molecule has 58 heavy (non-hydrogen) atoms. The Balaban J connectivity index is 1.04. The molecule has 3 unspecified atom stereocenters. The van der Waals surface area contributed by atoms with Gasteiger partial charge in [-0.3, -0.25) is 0 Å². The minimum Gasteiger partial charge on any atom is -0.122 e. The second-order valence-electron chi connectivity index (χ2n) is 16.4. The number of unbranched alkanes of at least 4 members (excludes halogenated alkanes) is 6. The van der Waals surface area contributed by atoms with E-state index in [1.165, 1.54) is 110 Å². The summed E-state index contributed by atoms with van der Waals surface area (Å²) in [4.78, 5) is 0. The normalized spacial score (nSPS) is 12.2. The molecular weight excluding hydrogens is 772 g/mol. The van der Waals surface area contributed by atoms with Crippen molar-refractivity contribution in [3.63, 3.8) is 0 Å². The summed E-state index contributed by atoms with van der Waals surface area (Å²) in [5.41, 5.74) is 8.40. The Hall–Kier alpha value is -2.96. The van der Waals surface area contributed by atoms with E-state index in [2.05, 4.69) is 210 Å². The third-order valence-corrected chi connectivity index (χ3v) is 18.1. The SMILES string of the molecule is PC(CCCCCP(CCCCCC(P)(c1ccccc1)c1ccccc1)CCCCCC(P)(c1ccccc1)c1ccccc1)(c1ccccc1)c1ccccc1. The van der Waals surface area contributed by atoms with Crippen LogP contribution in [0.3, 0.4) is 0 Å². The smallest absolute Gasteiger partial charge is 0.0344 e. The Labute approximate surface area is 360 Å². The molecule has 302 valence electrons. The van der Waals surface area contributed by atoms with Gasteiger partial charge in [0.05, 0.1) is 0 Å². The van der Waals surface area contributed by atoms with Crippen LogP contribution in [0, 0.1) is 0 Å². The zero-order valence-electron chi connectivity index (χ0n) is 34.6. The van der Waals surface area contributed by atoms with E-state index < -0.39 is 0 Å². The highest BCUT2D eigenvalue weighted by molar-refractivity contribution is 7.57. The predicted octanol–water partition coefficient (Wildman–Crippen LogP) is 15.6. The molecule has 0 saturated carbocycles. The molecule has 0 amide bonds. The molecule has 0 N–H and O–H groups in total. The van der Waals surface area contributed by atoms with Crippen molar-refractivity contribution < 1.29 is 0 Å². The molecule has 3 atom stereocenters. The molecule has 0 spiro atoms. The van der Waals surface area contributed by atoms with E-state index in [-0.39, 0.29) is 23.4 Å². The lowest BCUT2D eigenvalue weighted by Gasteiger charge is -2.31. The minimum absolute atomic E-state index is 0.0266. The van der Waals surface area contributed by atoms with Crippen LogP contribution in [0.1, 0.15) is 110 Å². The van der Waals surface area contributed by atoms with Crippen molar-refractivity contribution in [1.29, 1.82) is 0 Å². The molecule has 0 aliphatic carbocycles. The van der Waals surface area contributed by atoms with Crippen molar-refractivity contribution in [2.24, 2.45) is 0 Å². The van der Waals surface area contributed by atoms with Gasteiger partial charge >= 0.3 is 0 Å². The van der Waals surface area contributed by atoms with Gasteiger partial charge in [0.15, 0.2) is 0 Å². The summed E-state index contributed by atoms with van der Waals surface area (Å²) in [7, 11) is 9.82. The highest BCUT2D eigenvalue weighted by Crippen LogP contribution is 2.47. The van der Waals surface area contributed by atoms with Crippen LogP contribution in [-0.2, 0) is 15.5 Å². The highest BCUT2D eigenvalue weighted by atomic mass is 31.1. The quantitative estimate of drug-likeness (QED) is 0.0421. The van der Waals surface area contributed by atoms with Crippen molar-refractivity contribution in [3.05, 3.63) is 215 Å². The molecule has 0 fully saturated rings. The lowest BCUT2D eigenvalue weighted by molar-refractivity contribution is 0.579. The van der Waals surface area contributed by atoms with Crippen LogP contribution in [0.25, 0.3) is 0 Å². The molecule has 4 heteroatoms. The van der Waals surface area contributed by atoms with Crippen LogP contribution in [0.5, 0.6) is 0 Å². The first-order valence-corrected chi connectivity index (χ1v) is 25.5. The predicted molar refractivity (Wildman–Crippen MR) is 267 cm³/mol. The summed E-state index contributed by atoms with van der Waals surface area (Å²) in [6, 6.07) is 66.8. The van der Waals surface area contributed by atoms with Crippen LogP contribution >= 0.6 is 35.6 Å². The van der Waals surface area contributed by atoms with Gasteiger partial charge in [-0.05, 0) is 90.4 Å². The molecule has 0 aromatic heterocycles. The van der Waals surface area contributed by atoms with E-state index in [0.29, 0.717) is 0 Å². The lowest BCUT2D eigenvalue weighted by atomic mass is 9.85. The average molecular weight is 839 g/mol. The summed E-state index contributed by atoms with van der Waals surface area (Å²) >= 11 is 0. The molecule has 0 nitrogen and oxygen atoms in total. The van der Waals surface area contributed by atoms with Gasteiger partial charge in [-0.15, -0.1) is 35.6 Å². The number of hydrogen-bond donors (Lipinski definition) is 0. The fourth-order valence-corrected chi connectivity index (χ4v) is 13.3. The van der Waals surface area contributed by atoms with E-state index in [0.717, 1.165) is 19.3 Å². The summed E-state index contributed by atoms with van der Waals surface area (Å²) in [6.07, 6.45) is 19.4. The Morgan fingerprint density at radius 3 is 0.638 bits per heavy atom. The summed E-state index contributed by atoms with van der Waals surface area (Å²) in [5.74, 6) is 0. The maximum Gasteiger partial charge on any atom is 0.0344 e. The van der Waals surface area contributed by atoms with E-state index in [1.54, 1.807) is 0 Å². The maximum atomic E-state index is 3.26. The van der Waals surface area contributed by atoms with Crippen molar-refractivity contribution >= 4 is 35.6 Å². The molecular formula is C54H66P4. The van der Waals surface area contributed by atoms with Gasteiger partial charge in [0.1, 0.15) is 0 Å². The molecule has 0 radical (unpaired) electrons. The maximum absolute atomic E-state index is 3.26. The number of rotatable bonds is 24. The summed E-state index contributed by atoms with van der Waals surface area (Å²) in [5, 5.41) is -0.108. The van der Waals surface area contributed by atoms with Gasteiger partial charge in [-0.2, -0.15) is 0 Å². The third-order valence-electron chi connectivity index (χ3n) is 12.4. The van der Waals surface area contributed by atoms with Gasteiger partial charge < -0.3 is 0 Å². The molecule has 0 bridgehead atoms. The van der Waals surface area contributed by atoms with Gasteiger partial charge in [0.2, 0.25) is 0 Å². The topological polar surface area (TPSA) is 0 Å². The van der Waals surface area contributed by atoms with Crippen molar-refractivity contribution in [2.45, 2.75) is 92.5 Å². The molecule has 0 heterocycles. The summed E-state index contributed by atoms with van der Waals surface area (Å²) in [6.45, 7) is 0. The Kier molecular flexibility index (Phi) is 17.8. The van der Waals surface area contributed by atoms with E-state index in [9.17, 15) is 0 Å². The van der Waals surface area contributed by atoms with Gasteiger partial charge in [-0.1, -0.05) is 221 Å². The average Bonchev–Trinajstić information content (AvgIpc) is 3.30.